The molecule has 0 heterocycles. The van der Waals surface area contributed by atoms with Crippen LogP contribution in [-0.2, 0) is 0 Å². The van der Waals surface area contributed by atoms with Crippen LogP contribution in [0.2, 0.25) is 0 Å². The Hall–Kier alpha value is -1.93. The van der Waals surface area contributed by atoms with Gasteiger partial charge in [0.2, 0.25) is 0 Å². The third kappa shape index (κ3) is 1.95. The van der Waals surface area contributed by atoms with Crippen LogP contribution in [0.15, 0.2) is 65.6 Å². The minimum atomic E-state index is 0.790. The maximum absolute atomic E-state index is 5.98. The van der Waals surface area contributed by atoms with Gasteiger partial charge in [-0.15, -0.1) is 12.6 Å². The van der Waals surface area contributed by atoms with Crippen molar-refractivity contribution < 1.29 is 0 Å². The lowest BCUT2D eigenvalue weighted by Crippen LogP contribution is -1.88. The SMILES string of the molecule is Nc1cc(-c2ccc(S)cc2)c2ccccc2c1. The molecule has 2 N–H and O–H groups in total. The zero-order valence-corrected chi connectivity index (χ0v) is 10.7. The van der Waals surface area contributed by atoms with Gasteiger partial charge in [-0.25, -0.2) is 0 Å². The summed E-state index contributed by atoms with van der Waals surface area (Å²) in [6.45, 7) is 0. The molecule has 0 amide bonds. The van der Waals surface area contributed by atoms with Gasteiger partial charge in [0, 0.05) is 10.6 Å². The molecule has 0 aliphatic carbocycles. The zero-order chi connectivity index (χ0) is 12.5. The number of fused-ring (bicyclic) bond motifs is 1. The number of benzene rings is 3. The van der Waals surface area contributed by atoms with Gasteiger partial charge in [-0.1, -0.05) is 36.4 Å². The van der Waals surface area contributed by atoms with Gasteiger partial charge < -0.3 is 5.73 Å². The minimum Gasteiger partial charge on any atom is -0.399 e. The molecule has 0 atom stereocenters. The predicted molar refractivity (Wildman–Crippen MR) is 81.0 cm³/mol. The molecule has 0 saturated carbocycles. The Labute approximate surface area is 112 Å². The zero-order valence-electron chi connectivity index (χ0n) is 9.80. The molecular weight excluding hydrogens is 238 g/mol. The molecule has 3 aromatic rings. The van der Waals surface area contributed by atoms with Crippen molar-refractivity contribution in [3.63, 3.8) is 0 Å². The van der Waals surface area contributed by atoms with Crippen LogP contribution in [0.25, 0.3) is 21.9 Å². The summed E-state index contributed by atoms with van der Waals surface area (Å²) in [7, 11) is 0. The largest absolute Gasteiger partial charge is 0.399 e. The van der Waals surface area contributed by atoms with E-state index in [0.717, 1.165) is 16.1 Å². The fourth-order valence-electron chi connectivity index (χ4n) is 2.21. The normalized spacial score (nSPS) is 10.7. The second-order valence-corrected chi connectivity index (χ2v) is 4.85. The van der Waals surface area contributed by atoms with Crippen molar-refractivity contribution >= 4 is 29.1 Å². The van der Waals surface area contributed by atoms with E-state index in [-0.39, 0.29) is 0 Å². The Kier molecular flexibility index (Phi) is 2.73. The predicted octanol–water partition coefficient (Wildman–Crippen LogP) is 4.38. The third-order valence-corrected chi connectivity index (χ3v) is 3.36. The molecule has 88 valence electrons. The Morgan fingerprint density at radius 3 is 2.33 bits per heavy atom. The number of nitrogen functional groups attached to an aromatic ring is 1. The third-order valence-electron chi connectivity index (χ3n) is 3.06. The van der Waals surface area contributed by atoms with Crippen LogP contribution in [0.5, 0.6) is 0 Å². The van der Waals surface area contributed by atoms with E-state index in [1.165, 1.54) is 16.3 Å². The highest BCUT2D eigenvalue weighted by Crippen LogP contribution is 2.31. The molecule has 0 saturated heterocycles. The Morgan fingerprint density at radius 1 is 0.833 bits per heavy atom. The number of hydrogen-bond acceptors (Lipinski definition) is 2. The lowest BCUT2D eigenvalue weighted by molar-refractivity contribution is 1.48. The van der Waals surface area contributed by atoms with E-state index < -0.39 is 0 Å². The van der Waals surface area contributed by atoms with Gasteiger partial charge in [0.15, 0.2) is 0 Å². The van der Waals surface area contributed by atoms with E-state index in [9.17, 15) is 0 Å². The maximum Gasteiger partial charge on any atom is 0.0326 e. The highest BCUT2D eigenvalue weighted by Gasteiger charge is 2.04. The van der Waals surface area contributed by atoms with E-state index in [0.29, 0.717) is 0 Å². The number of rotatable bonds is 1. The lowest BCUT2D eigenvalue weighted by atomic mass is 9.97. The van der Waals surface area contributed by atoms with Crippen molar-refractivity contribution in [3.05, 3.63) is 60.7 Å². The van der Waals surface area contributed by atoms with Crippen molar-refractivity contribution in [2.75, 3.05) is 5.73 Å². The molecule has 0 fully saturated rings. The molecule has 0 aliphatic rings. The van der Waals surface area contributed by atoms with Crippen LogP contribution >= 0.6 is 12.6 Å². The molecule has 0 bridgehead atoms. The Balaban J connectivity index is 2.31. The van der Waals surface area contributed by atoms with Crippen LogP contribution in [0, 0.1) is 0 Å². The molecule has 3 aromatic carbocycles. The first-order valence-electron chi connectivity index (χ1n) is 5.82. The summed E-state index contributed by atoms with van der Waals surface area (Å²) >= 11 is 4.31. The Bertz CT molecular complexity index is 702. The van der Waals surface area contributed by atoms with Crippen LogP contribution in [0.3, 0.4) is 0 Å². The smallest absolute Gasteiger partial charge is 0.0326 e. The van der Waals surface area contributed by atoms with Crippen LogP contribution in [0.4, 0.5) is 5.69 Å². The lowest BCUT2D eigenvalue weighted by Gasteiger charge is -2.09. The average Bonchev–Trinajstić information content (AvgIpc) is 2.38. The molecule has 0 aliphatic heterocycles. The molecule has 0 spiro atoms. The van der Waals surface area contributed by atoms with Gasteiger partial charge in [-0.2, -0.15) is 0 Å². The van der Waals surface area contributed by atoms with Gasteiger partial charge >= 0.3 is 0 Å². The van der Waals surface area contributed by atoms with Crippen molar-refractivity contribution in [1.82, 2.24) is 0 Å². The first kappa shape index (κ1) is 11.2. The number of thiol groups is 1. The number of nitrogens with two attached hydrogens (primary N) is 1. The highest BCUT2D eigenvalue weighted by molar-refractivity contribution is 7.80. The maximum atomic E-state index is 5.98. The van der Waals surface area contributed by atoms with E-state index in [1.54, 1.807) is 0 Å². The summed E-state index contributed by atoms with van der Waals surface area (Å²) in [5, 5.41) is 2.39. The second-order valence-electron chi connectivity index (χ2n) is 4.34. The van der Waals surface area contributed by atoms with E-state index in [1.807, 2.05) is 30.3 Å². The molecular formula is C16H13NS. The summed E-state index contributed by atoms with van der Waals surface area (Å²) in [5.41, 5.74) is 9.10. The van der Waals surface area contributed by atoms with Crippen molar-refractivity contribution in [2.24, 2.45) is 0 Å². The molecule has 1 nitrogen and oxygen atoms in total. The van der Waals surface area contributed by atoms with E-state index >= 15 is 0 Å². The van der Waals surface area contributed by atoms with Crippen LogP contribution in [-0.4, -0.2) is 0 Å². The summed E-state index contributed by atoms with van der Waals surface area (Å²) < 4.78 is 0. The molecule has 0 unspecified atom stereocenters. The standard InChI is InChI=1S/C16H13NS/c17-13-9-12-3-1-2-4-15(12)16(10-13)11-5-7-14(18)8-6-11/h1-10,18H,17H2. The van der Waals surface area contributed by atoms with Gasteiger partial charge in [0.25, 0.3) is 0 Å². The molecule has 18 heavy (non-hydrogen) atoms. The fraction of sp³-hybridized carbons (Fsp3) is 0. The molecule has 0 radical (unpaired) electrons. The fourth-order valence-corrected chi connectivity index (χ4v) is 2.36. The first-order chi connectivity index (χ1) is 8.74. The van der Waals surface area contributed by atoms with Crippen molar-refractivity contribution in [1.29, 1.82) is 0 Å². The van der Waals surface area contributed by atoms with E-state index in [2.05, 4.69) is 43.0 Å². The summed E-state index contributed by atoms with van der Waals surface area (Å²) in [6, 6.07) is 20.5. The van der Waals surface area contributed by atoms with Gasteiger partial charge in [0.1, 0.15) is 0 Å². The summed E-state index contributed by atoms with van der Waals surface area (Å²) in [6.07, 6.45) is 0. The Morgan fingerprint density at radius 2 is 1.56 bits per heavy atom. The number of hydrogen-bond donors (Lipinski definition) is 2. The molecule has 0 aromatic heterocycles. The summed E-state index contributed by atoms with van der Waals surface area (Å²) in [4.78, 5) is 0.965. The van der Waals surface area contributed by atoms with E-state index in [4.69, 9.17) is 5.73 Å². The van der Waals surface area contributed by atoms with Crippen molar-refractivity contribution in [3.8, 4) is 11.1 Å². The second kappa shape index (κ2) is 4.39. The number of anilines is 1. The van der Waals surface area contributed by atoms with Crippen LogP contribution in [0.1, 0.15) is 0 Å². The summed E-state index contributed by atoms with van der Waals surface area (Å²) in [5.74, 6) is 0. The average molecular weight is 251 g/mol. The van der Waals surface area contributed by atoms with Gasteiger partial charge in [-0.05, 0) is 46.2 Å². The first-order valence-corrected chi connectivity index (χ1v) is 6.26. The van der Waals surface area contributed by atoms with Crippen molar-refractivity contribution in [2.45, 2.75) is 4.90 Å². The minimum absolute atomic E-state index is 0.790. The van der Waals surface area contributed by atoms with Gasteiger partial charge in [0.05, 0.1) is 0 Å². The van der Waals surface area contributed by atoms with Gasteiger partial charge in [-0.3, -0.25) is 0 Å². The quantitative estimate of drug-likeness (QED) is 0.487. The van der Waals surface area contributed by atoms with Crippen LogP contribution < -0.4 is 5.73 Å². The monoisotopic (exact) mass is 251 g/mol. The molecule has 2 heteroatoms. The molecule has 3 rings (SSSR count). The highest BCUT2D eigenvalue weighted by atomic mass is 32.1. The topological polar surface area (TPSA) is 26.0 Å².